The number of carbonyl (C=O) groups excluding carboxylic acids is 3. The molecule has 1 aromatic heterocycles. The van der Waals surface area contributed by atoms with Crippen LogP contribution in [0, 0.1) is 5.92 Å². The van der Waals surface area contributed by atoms with E-state index in [2.05, 4.69) is 48.0 Å². The minimum Gasteiger partial charge on any atom is -0.493 e. The number of amides is 3. The van der Waals surface area contributed by atoms with Crippen LogP contribution in [0.25, 0.3) is 22.2 Å². The Balaban J connectivity index is 1.07. The first-order valence-corrected chi connectivity index (χ1v) is 17.6. The number of ether oxygens (including phenoxy) is 2. The van der Waals surface area contributed by atoms with Gasteiger partial charge < -0.3 is 29.2 Å². The van der Waals surface area contributed by atoms with Gasteiger partial charge in [-0.2, -0.15) is 0 Å². The van der Waals surface area contributed by atoms with Crippen LogP contribution < -0.4 is 9.47 Å². The van der Waals surface area contributed by atoms with Gasteiger partial charge in [0.05, 0.1) is 32.4 Å². The molecule has 3 saturated heterocycles. The molecule has 10 nitrogen and oxygen atoms in total. The summed E-state index contributed by atoms with van der Waals surface area (Å²) in [6, 6.07) is 12.9. The number of rotatable bonds is 8. The molecule has 3 aliphatic rings. The van der Waals surface area contributed by atoms with E-state index >= 15 is 0 Å². The van der Waals surface area contributed by atoms with Crippen molar-refractivity contribution in [3.63, 3.8) is 0 Å². The zero-order valence-electron chi connectivity index (χ0n) is 29.2. The summed E-state index contributed by atoms with van der Waals surface area (Å²) in [7, 11) is 3.31. The molecule has 3 aliphatic heterocycles. The second-order valence-electron chi connectivity index (χ2n) is 14.0. The van der Waals surface area contributed by atoms with Crippen LogP contribution in [0.4, 0.5) is 0 Å². The molecule has 3 amide bonds. The lowest BCUT2D eigenvalue weighted by Crippen LogP contribution is -2.54. The van der Waals surface area contributed by atoms with Gasteiger partial charge in [-0.1, -0.05) is 19.9 Å². The lowest BCUT2D eigenvalue weighted by Gasteiger charge is -2.39. The summed E-state index contributed by atoms with van der Waals surface area (Å²) < 4.78 is 11.1. The Morgan fingerprint density at radius 1 is 0.833 bits per heavy atom. The highest BCUT2D eigenvalue weighted by Crippen LogP contribution is 2.40. The van der Waals surface area contributed by atoms with Crippen molar-refractivity contribution in [2.75, 3.05) is 73.1 Å². The van der Waals surface area contributed by atoms with Crippen LogP contribution in [-0.2, 0) is 14.4 Å². The Morgan fingerprint density at radius 2 is 1.54 bits per heavy atom. The first-order valence-electron chi connectivity index (χ1n) is 17.6. The fourth-order valence-corrected chi connectivity index (χ4v) is 7.96. The van der Waals surface area contributed by atoms with Gasteiger partial charge in [-0.05, 0) is 85.5 Å². The number of fused-ring (bicyclic) bond motifs is 1. The number of nitrogens with zero attached hydrogens (tertiary/aromatic N) is 4. The molecule has 0 aliphatic carbocycles. The van der Waals surface area contributed by atoms with Crippen LogP contribution in [0.2, 0.25) is 0 Å². The minimum atomic E-state index is -0.0764. The van der Waals surface area contributed by atoms with Gasteiger partial charge in [-0.25, -0.2) is 0 Å². The molecule has 0 unspecified atom stereocenters. The number of likely N-dealkylation sites (tertiary alicyclic amines) is 2. The summed E-state index contributed by atoms with van der Waals surface area (Å²) in [5.41, 5.74) is 5.92. The molecule has 0 radical (unpaired) electrons. The molecule has 3 aromatic rings. The lowest BCUT2D eigenvalue weighted by molar-refractivity contribution is -0.143. The van der Waals surface area contributed by atoms with Crippen molar-refractivity contribution in [1.82, 2.24) is 24.6 Å². The van der Waals surface area contributed by atoms with Crippen molar-refractivity contribution in [3.8, 4) is 22.8 Å². The smallest absolute Gasteiger partial charge is 0.236 e. The number of H-pyrrole nitrogens is 1. The Morgan fingerprint density at radius 3 is 2.21 bits per heavy atom. The molecular weight excluding hydrogens is 606 g/mol. The van der Waals surface area contributed by atoms with Gasteiger partial charge in [0.25, 0.3) is 0 Å². The van der Waals surface area contributed by atoms with Crippen LogP contribution in [0.1, 0.15) is 69.4 Å². The number of nitrogens with one attached hydrogen (secondary N) is 1. The monoisotopic (exact) mass is 657 g/mol. The molecule has 6 rings (SSSR count). The molecule has 3 fully saturated rings. The molecule has 258 valence electrons. The van der Waals surface area contributed by atoms with E-state index in [1.54, 1.807) is 26.0 Å². The summed E-state index contributed by atoms with van der Waals surface area (Å²) in [5, 5.41) is 1.25. The van der Waals surface area contributed by atoms with E-state index in [9.17, 15) is 14.4 Å². The second kappa shape index (κ2) is 14.6. The van der Waals surface area contributed by atoms with Crippen LogP contribution in [0.15, 0.2) is 36.4 Å². The molecule has 48 heavy (non-hydrogen) atoms. The third-order valence-corrected chi connectivity index (χ3v) is 10.7. The van der Waals surface area contributed by atoms with E-state index in [4.69, 9.17) is 9.47 Å². The predicted molar refractivity (Wildman–Crippen MR) is 187 cm³/mol. The maximum atomic E-state index is 13.4. The van der Waals surface area contributed by atoms with E-state index in [0.717, 1.165) is 62.1 Å². The highest BCUT2D eigenvalue weighted by atomic mass is 16.5. The quantitative estimate of drug-likeness (QED) is 0.363. The van der Waals surface area contributed by atoms with Crippen molar-refractivity contribution < 1.29 is 23.9 Å². The molecule has 0 spiro atoms. The number of aromatic amines is 1. The van der Waals surface area contributed by atoms with Gasteiger partial charge in [0.1, 0.15) is 0 Å². The standard InChI is InChI=1S/C38H51N5O5/c1-25(2)36-31-21-28(8-10-32(31)39-37(36)29-9-11-33(47-4)34(22-29)48-5)27-12-15-42(16-13-27)35(45)24-40-14-6-7-30(23-40)38(46)43-19-17-41(18-20-43)26(3)44/h8-11,21-22,25,27,30,39H,6-7,12-20,23-24H2,1-5H3/t30-/m0/s1. The van der Waals surface area contributed by atoms with Gasteiger partial charge in [-0.3, -0.25) is 19.3 Å². The minimum absolute atomic E-state index is 0.0662. The third-order valence-electron chi connectivity index (χ3n) is 10.7. The SMILES string of the molecule is COc1ccc(-c2[nH]c3ccc(C4CCN(C(=O)CN5CCC[C@H](C(=O)N6CCN(C(C)=O)CC6)C5)CC4)cc3c2C(C)C)cc1OC. The maximum Gasteiger partial charge on any atom is 0.236 e. The van der Waals surface area contributed by atoms with E-state index in [-0.39, 0.29) is 23.6 Å². The van der Waals surface area contributed by atoms with Crippen molar-refractivity contribution >= 4 is 28.6 Å². The molecular formula is C38H51N5O5. The van der Waals surface area contributed by atoms with Crippen molar-refractivity contribution in [2.24, 2.45) is 5.92 Å². The number of piperidine rings is 2. The number of hydrogen-bond acceptors (Lipinski definition) is 6. The van der Waals surface area contributed by atoms with Gasteiger partial charge >= 0.3 is 0 Å². The Bertz CT molecular complexity index is 1630. The van der Waals surface area contributed by atoms with Crippen LogP contribution in [-0.4, -0.2) is 115 Å². The fraction of sp³-hybridized carbons (Fsp3) is 0.553. The summed E-state index contributed by atoms with van der Waals surface area (Å²) >= 11 is 0. The van der Waals surface area contributed by atoms with E-state index in [0.29, 0.717) is 62.6 Å². The zero-order chi connectivity index (χ0) is 33.9. The lowest BCUT2D eigenvalue weighted by atomic mass is 9.87. The molecule has 10 heteroatoms. The molecule has 2 aromatic carbocycles. The van der Waals surface area contributed by atoms with E-state index < -0.39 is 0 Å². The van der Waals surface area contributed by atoms with Gasteiger partial charge in [-0.15, -0.1) is 0 Å². The topological polar surface area (TPSA) is 98.4 Å². The fourth-order valence-electron chi connectivity index (χ4n) is 7.96. The third kappa shape index (κ3) is 7.04. The average molecular weight is 658 g/mol. The number of carbonyl (C=O) groups is 3. The largest absolute Gasteiger partial charge is 0.493 e. The highest BCUT2D eigenvalue weighted by Gasteiger charge is 2.33. The summed E-state index contributed by atoms with van der Waals surface area (Å²) in [6.07, 6.45) is 3.66. The summed E-state index contributed by atoms with van der Waals surface area (Å²) in [6.45, 7) is 11.8. The number of benzene rings is 2. The normalized spacial score (nSPS) is 19.6. The van der Waals surface area contributed by atoms with Crippen molar-refractivity contribution in [1.29, 1.82) is 0 Å². The van der Waals surface area contributed by atoms with E-state index in [1.165, 1.54) is 16.5 Å². The van der Waals surface area contributed by atoms with Crippen molar-refractivity contribution in [3.05, 3.63) is 47.5 Å². The number of hydrogen-bond donors (Lipinski definition) is 1. The average Bonchev–Trinajstić information content (AvgIpc) is 3.50. The number of aromatic nitrogens is 1. The molecule has 0 saturated carbocycles. The van der Waals surface area contributed by atoms with Gasteiger partial charge in [0, 0.05) is 69.2 Å². The summed E-state index contributed by atoms with van der Waals surface area (Å²) in [4.78, 5) is 50.0. The number of methoxy groups -OCH3 is 2. The van der Waals surface area contributed by atoms with Crippen molar-refractivity contribution in [2.45, 2.75) is 58.3 Å². The number of piperazine rings is 1. The Labute approximate surface area is 284 Å². The van der Waals surface area contributed by atoms with Crippen LogP contribution >= 0.6 is 0 Å². The highest BCUT2D eigenvalue weighted by molar-refractivity contribution is 5.92. The Hall–Kier alpha value is -4.05. The van der Waals surface area contributed by atoms with Crippen LogP contribution in [0.5, 0.6) is 11.5 Å². The summed E-state index contributed by atoms with van der Waals surface area (Å²) in [5.74, 6) is 2.47. The second-order valence-corrected chi connectivity index (χ2v) is 14.0. The zero-order valence-corrected chi connectivity index (χ0v) is 29.2. The Kier molecular flexibility index (Phi) is 10.3. The maximum absolute atomic E-state index is 13.4. The van der Waals surface area contributed by atoms with Gasteiger partial charge in [0.2, 0.25) is 17.7 Å². The first kappa shape index (κ1) is 33.8. The van der Waals surface area contributed by atoms with Gasteiger partial charge in [0.15, 0.2) is 11.5 Å². The predicted octanol–water partition coefficient (Wildman–Crippen LogP) is 5.08. The van der Waals surface area contributed by atoms with Crippen LogP contribution in [0.3, 0.4) is 0 Å². The molecule has 1 atom stereocenters. The molecule has 4 heterocycles. The molecule has 0 bridgehead atoms. The van der Waals surface area contributed by atoms with E-state index in [1.807, 2.05) is 21.9 Å². The molecule has 1 N–H and O–H groups in total. The first-order chi connectivity index (χ1) is 23.2.